The number of benzene rings is 2. The Labute approximate surface area is 210 Å². The molecular weight excluding hydrogens is 459 g/mol. The molecule has 0 saturated heterocycles. The quantitative estimate of drug-likeness (QED) is 0.329. The Balaban J connectivity index is 1.65. The van der Waals surface area contributed by atoms with Gasteiger partial charge in [0.2, 0.25) is 5.95 Å². The molecule has 2 aromatic carbocycles. The fraction of sp³-hybridized carbons (Fsp3) is 0.346. The number of nitrogens with two attached hydrogens (primary N) is 1. The predicted molar refractivity (Wildman–Crippen MR) is 144 cm³/mol. The van der Waals surface area contributed by atoms with Crippen LogP contribution in [0.25, 0.3) is 22.2 Å². The number of likely N-dealkylation sites (N-methyl/N-ethyl adjacent to an activating group) is 2. The molecule has 2 heterocycles. The molecule has 4 rings (SSSR count). The minimum Gasteiger partial charge on any atom is -0.494 e. The lowest BCUT2D eigenvalue weighted by molar-refractivity contribution is 0.413. The zero-order chi connectivity index (χ0) is 26.0. The maximum Gasteiger partial charge on any atom is 0.227 e. The van der Waals surface area contributed by atoms with Crippen LogP contribution < -0.4 is 20.7 Å². The van der Waals surface area contributed by atoms with Crippen molar-refractivity contribution < 1.29 is 9.13 Å². The van der Waals surface area contributed by atoms with E-state index in [0.717, 1.165) is 24.3 Å². The Morgan fingerprint density at radius 1 is 1.14 bits per heavy atom. The molecule has 0 bridgehead atoms. The molecule has 0 unspecified atom stereocenters. The van der Waals surface area contributed by atoms with Crippen molar-refractivity contribution in [3.8, 4) is 17.0 Å². The van der Waals surface area contributed by atoms with Crippen molar-refractivity contribution in [2.75, 3.05) is 57.3 Å². The molecule has 9 nitrogen and oxygen atoms in total. The van der Waals surface area contributed by atoms with Gasteiger partial charge in [0.05, 0.1) is 47.0 Å². The lowest BCUT2D eigenvalue weighted by Crippen LogP contribution is -2.29. The van der Waals surface area contributed by atoms with Gasteiger partial charge in [-0.3, -0.25) is 4.68 Å². The highest BCUT2D eigenvalue weighted by atomic mass is 19.1. The molecule has 0 spiro atoms. The third-order valence-electron chi connectivity index (χ3n) is 6.00. The summed E-state index contributed by atoms with van der Waals surface area (Å²) < 4.78 is 22.3. The fourth-order valence-corrected chi connectivity index (χ4v) is 4.02. The fourth-order valence-electron chi connectivity index (χ4n) is 4.02. The van der Waals surface area contributed by atoms with E-state index in [9.17, 15) is 4.39 Å². The van der Waals surface area contributed by atoms with Gasteiger partial charge in [0, 0.05) is 44.0 Å². The van der Waals surface area contributed by atoms with Crippen molar-refractivity contribution in [2.45, 2.75) is 19.9 Å². The van der Waals surface area contributed by atoms with Gasteiger partial charge in [0.15, 0.2) is 0 Å². The van der Waals surface area contributed by atoms with Crippen LogP contribution in [-0.2, 0) is 0 Å². The molecule has 0 radical (unpaired) electrons. The minimum absolute atomic E-state index is 0.0996. The first-order valence-electron chi connectivity index (χ1n) is 11.8. The first-order chi connectivity index (χ1) is 17.2. The highest BCUT2D eigenvalue weighted by Crippen LogP contribution is 2.36. The standard InChI is InChI=1S/C26H33FN8O/c1-16(2)35-23-12-17(11-19(27)18(23)15-30-35)21-7-8-29-26(31-21)32-22-13-20(28)24(14-25(22)36-6)34(5)10-9-33(3)4/h7-8,11-16H,9-10,28H2,1-6H3,(H,29,31,32). The van der Waals surface area contributed by atoms with Crippen LogP contribution in [0.2, 0.25) is 0 Å². The molecule has 190 valence electrons. The van der Waals surface area contributed by atoms with E-state index in [1.165, 1.54) is 6.07 Å². The number of halogens is 1. The number of anilines is 4. The zero-order valence-corrected chi connectivity index (χ0v) is 21.6. The van der Waals surface area contributed by atoms with Gasteiger partial charge in [-0.1, -0.05) is 0 Å². The van der Waals surface area contributed by atoms with Gasteiger partial charge < -0.3 is 25.6 Å². The van der Waals surface area contributed by atoms with Gasteiger partial charge in [-0.05, 0) is 52.2 Å². The highest BCUT2D eigenvalue weighted by Gasteiger charge is 2.16. The largest absolute Gasteiger partial charge is 0.494 e. The number of nitrogens with zero attached hydrogens (tertiary/aromatic N) is 6. The van der Waals surface area contributed by atoms with E-state index in [2.05, 4.69) is 30.2 Å². The van der Waals surface area contributed by atoms with Crippen molar-refractivity contribution in [1.29, 1.82) is 0 Å². The van der Waals surface area contributed by atoms with E-state index in [1.807, 2.05) is 53.2 Å². The monoisotopic (exact) mass is 492 g/mol. The van der Waals surface area contributed by atoms with E-state index in [0.29, 0.717) is 39.7 Å². The maximum atomic E-state index is 14.9. The second-order valence-corrected chi connectivity index (χ2v) is 9.30. The summed E-state index contributed by atoms with van der Waals surface area (Å²) in [6.07, 6.45) is 3.19. The molecule has 0 atom stereocenters. The van der Waals surface area contributed by atoms with E-state index in [-0.39, 0.29) is 11.9 Å². The van der Waals surface area contributed by atoms with Crippen LogP contribution in [0.1, 0.15) is 19.9 Å². The van der Waals surface area contributed by atoms with Gasteiger partial charge in [0.25, 0.3) is 0 Å². The molecule has 3 N–H and O–H groups in total. The Hall–Kier alpha value is -3.92. The molecule has 0 saturated carbocycles. The molecule has 0 aliphatic carbocycles. The van der Waals surface area contributed by atoms with Crippen LogP contribution in [-0.4, -0.2) is 66.0 Å². The van der Waals surface area contributed by atoms with E-state index < -0.39 is 0 Å². The molecule has 2 aromatic heterocycles. The molecule has 0 fully saturated rings. The van der Waals surface area contributed by atoms with Gasteiger partial charge in [0.1, 0.15) is 11.6 Å². The lowest BCUT2D eigenvalue weighted by Gasteiger charge is -2.24. The van der Waals surface area contributed by atoms with Crippen LogP contribution in [0, 0.1) is 5.82 Å². The molecule has 4 aromatic rings. The molecular formula is C26H33FN8O. The maximum absolute atomic E-state index is 14.9. The summed E-state index contributed by atoms with van der Waals surface area (Å²) in [6.45, 7) is 5.72. The number of ether oxygens (including phenoxy) is 1. The second-order valence-electron chi connectivity index (χ2n) is 9.30. The molecule has 0 amide bonds. The van der Waals surface area contributed by atoms with Crippen LogP contribution in [0.3, 0.4) is 0 Å². The van der Waals surface area contributed by atoms with Gasteiger partial charge in [-0.2, -0.15) is 5.10 Å². The Bertz CT molecular complexity index is 1370. The number of hydrogen-bond acceptors (Lipinski definition) is 8. The van der Waals surface area contributed by atoms with Gasteiger partial charge >= 0.3 is 0 Å². The summed E-state index contributed by atoms with van der Waals surface area (Å²) in [7, 11) is 7.66. The van der Waals surface area contributed by atoms with E-state index >= 15 is 0 Å². The highest BCUT2D eigenvalue weighted by molar-refractivity contribution is 5.85. The number of methoxy groups -OCH3 is 1. The Morgan fingerprint density at radius 3 is 2.61 bits per heavy atom. The summed E-state index contributed by atoms with van der Waals surface area (Å²) in [5.41, 5.74) is 10.4. The van der Waals surface area contributed by atoms with Gasteiger partial charge in [-0.25, -0.2) is 14.4 Å². The van der Waals surface area contributed by atoms with E-state index in [4.69, 9.17) is 10.5 Å². The average molecular weight is 493 g/mol. The Kier molecular flexibility index (Phi) is 7.25. The average Bonchev–Trinajstić information content (AvgIpc) is 3.28. The van der Waals surface area contributed by atoms with Gasteiger partial charge in [-0.15, -0.1) is 0 Å². The van der Waals surface area contributed by atoms with Crippen molar-refractivity contribution >= 4 is 33.9 Å². The normalized spacial score (nSPS) is 11.5. The second kappa shape index (κ2) is 10.4. The molecule has 36 heavy (non-hydrogen) atoms. The molecule has 10 heteroatoms. The number of aromatic nitrogens is 4. The van der Waals surface area contributed by atoms with Crippen molar-refractivity contribution in [1.82, 2.24) is 24.6 Å². The topological polar surface area (TPSA) is 97.4 Å². The number of rotatable bonds is 9. The molecule has 0 aliphatic rings. The van der Waals surface area contributed by atoms with Crippen LogP contribution >= 0.6 is 0 Å². The number of hydrogen-bond donors (Lipinski definition) is 2. The van der Waals surface area contributed by atoms with Crippen molar-refractivity contribution in [3.05, 3.63) is 48.5 Å². The first kappa shape index (κ1) is 25.2. The summed E-state index contributed by atoms with van der Waals surface area (Å²) in [6, 6.07) is 8.92. The predicted octanol–water partition coefficient (Wildman–Crippen LogP) is 4.55. The first-order valence-corrected chi connectivity index (χ1v) is 11.8. The zero-order valence-electron chi connectivity index (χ0n) is 21.6. The third kappa shape index (κ3) is 5.18. The third-order valence-corrected chi connectivity index (χ3v) is 6.00. The SMILES string of the molecule is COc1cc(N(C)CCN(C)C)c(N)cc1Nc1nccc(-c2cc(F)c3cnn(C(C)C)c3c2)n1. The lowest BCUT2D eigenvalue weighted by atomic mass is 10.1. The number of nitrogens with one attached hydrogen (secondary N) is 1. The van der Waals surface area contributed by atoms with Crippen LogP contribution in [0.4, 0.5) is 27.4 Å². The van der Waals surface area contributed by atoms with Crippen LogP contribution in [0.5, 0.6) is 5.75 Å². The van der Waals surface area contributed by atoms with Crippen molar-refractivity contribution in [2.24, 2.45) is 0 Å². The summed E-state index contributed by atoms with van der Waals surface area (Å²) >= 11 is 0. The van der Waals surface area contributed by atoms with E-state index in [1.54, 1.807) is 30.3 Å². The van der Waals surface area contributed by atoms with Crippen molar-refractivity contribution in [3.63, 3.8) is 0 Å². The number of fused-ring (bicyclic) bond motifs is 1. The number of nitrogen functional groups attached to an aromatic ring is 1. The summed E-state index contributed by atoms with van der Waals surface area (Å²) in [5, 5.41) is 8.01. The Morgan fingerprint density at radius 2 is 1.92 bits per heavy atom. The summed E-state index contributed by atoms with van der Waals surface area (Å²) in [4.78, 5) is 13.2. The van der Waals surface area contributed by atoms with Crippen LogP contribution in [0.15, 0.2) is 42.7 Å². The minimum atomic E-state index is -0.342. The molecule has 0 aliphatic heterocycles. The summed E-state index contributed by atoms with van der Waals surface area (Å²) in [5.74, 6) is 0.612. The smallest absolute Gasteiger partial charge is 0.227 e.